The fourth-order valence-electron chi connectivity index (χ4n) is 4.08. The van der Waals surface area contributed by atoms with Crippen molar-refractivity contribution in [2.24, 2.45) is 0 Å². The van der Waals surface area contributed by atoms with Crippen LogP contribution in [0.1, 0.15) is 36.7 Å². The summed E-state index contributed by atoms with van der Waals surface area (Å²) in [6, 6.07) is 13.0. The number of fused-ring (bicyclic) bond motifs is 1. The zero-order valence-electron chi connectivity index (χ0n) is 16.3. The van der Waals surface area contributed by atoms with Crippen LogP contribution in [0.25, 0.3) is 28.0 Å². The maximum Gasteiger partial charge on any atom is 0.183 e. The molecular formula is C24H24FNO3. The standard InChI is InChI=1S/C24H24FNO3/c1-16(26-9-2-3-10-26)17-6-8-22-19(13-17)15-23(29-22)20-7-5-18(14-21(20)25)24-27-11-4-12-28-24/h5-8,13-15,24H,1-4,9-12H2. The molecule has 0 radical (unpaired) electrons. The second-order valence-corrected chi connectivity index (χ2v) is 7.67. The van der Waals surface area contributed by atoms with Gasteiger partial charge in [0.05, 0.1) is 18.8 Å². The summed E-state index contributed by atoms with van der Waals surface area (Å²) in [5, 5.41) is 0.945. The lowest BCUT2D eigenvalue weighted by molar-refractivity contribution is -0.183. The van der Waals surface area contributed by atoms with Gasteiger partial charge < -0.3 is 18.8 Å². The summed E-state index contributed by atoms with van der Waals surface area (Å²) in [6.07, 6.45) is 2.79. The molecule has 0 aliphatic carbocycles. The minimum atomic E-state index is -0.498. The summed E-state index contributed by atoms with van der Waals surface area (Å²) in [7, 11) is 0. The normalized spacial score (nSPS) is 17.9. The molecule has 29 heavy (non-hydrogen) atoms. The highest BCUT2D eigenvalue weighted by Gasteiger charge is 2.20. The number of halogens is 1. The van der Waals surface area contributed by atoms with Crippen molar-refractivity contribution in [3.63, 3.8) is 0 Å². The Morgan fingerprint density at radius 2 is 1.76 bits per heavy atom. The average molecular weight is 393 g/mol. The van der Waals surface area contributed by atoms with Gasteiger partial charge in [-0.3, -0.25) is 0 Å². The van der Waals surface area contributed by atoms with Crippen LogP contribution in [0.4, 0.5) is 4.39 Å². The van der Waals surface area contributed by atoms with E-state index in [9.17, 15) is 4.39 Å². The molecule has 5 heteroatoms. The molecule has 1 aromatic heterocycles. The van der Waals surface area contributed by atoms with Gasteiger partial charge >= 0.3 is 0 Å². The fraction of sp³-hybridized carbons (Fsp3) is 0.333. The van der Waals surface area contributed by atoms with E-state index < -0.39 is 6.29 Å². The molecule has 4 nitrogen and oxygen atoms in total. The van der Waals surface area contributed by atoms with Crippen molar-refractivity contribution in [3.8, 4) is 11.3 Å². The number of rotatable bonds is 4. The van der Waals surface area contributed by atoms with E-state index in [1.54, 1.807) is 6.07 Å². The maximum absolute atomic E-state index is 14.8. The molecule has 2 saturated heterocycles. The Morgan fingerprint density at radius 1 is 0.966 bits per heavy atom. The van der Waals surface area contributed by atoms with E-state index in [0.717, 1.165) is 41.7 Å². The Labute approximate surface area is 169 Å². The molecule has 0 saturated carbocycles. The van der Waals surface area contributed by atoms with E-state index in [1.165, 1.54) is 18.9 Å². The number of furan rings is 1. The smallest absolute Gasteiger partial charge is 0.183 e. The molecule has 0 N–H and O–H groups in total. The van der Waals surface area contributed by atoms with Crippen LogP contribution in [0.2, 0.25) is 0 Å². The largest absolute Gasteiger partial charge is 0.456 e. The SMILES string of the molecule is C=C(c1ccc2oc(-c3ccc(C4OCCCO4)cc3F)cc2c1)N1CCCC1. The number of likely N-dealkylation sites (tertiary alicyclic amines) is 1. The number of nitrogens with zero attached hydrogens (tertiary/aromatic N) is 1. The van der Waals surface area contributed by atoms with Crippen molar-refractivity contribution in [1.29, 1.82) is 0 Å². The van der Waals surface area contributed by atoms with Crippen molar-refractivity contribution in [3.05, 3.63) is 66.0 Å². The van der Waals surface area contributed by atoms with Gasteiger partial charge in [0.1, 0.15) is 17.2 Å². The van der Waals surface area contributed by atoms with Gasteiger partial charge in [-0.05, 0) is 61.2 Å². The zero-order chi connectivity index (χ0) is 19.8. The fourth-order valence-corrected chi connectivity index (χ4v) is 4.08. The van der Waals surface area contributed by atoms with Crippen molar-refractivity contribution >= 4 is 16.7 Å². The second kappa shape index (κ2) is 7.65. The van der Waals surface area contributed by atoms with E-state index in [2.05, 4.69) is 17.5 Å². The van der Waals surface area contributed by atoms with Crippen LogP contribution in [0.3, 0.4) is 0 Å². The average Bonchev–Trinajstić information content (AvgIpc) is 3.43. The van der Waals surface area contributed by atoms with Gasteiger partial charge in [0.2, 0.25) is 0 Å². The van der Waals surface area contributed by atoms with Crippen LogP contribution in [0.5, 0.6) is 0 Å². The zero-order valence-corrected chi connectivity index (χ0v) is 16.3. The van der Waals surface area contributed by atoms with Gasteiger partial charge in [-0.25, -0.2) is 4.39 Å². The molecule has 0 bridgehead atoms. The van der Waals surface area contributed by atoms with Crippen molar-refractivity contribution in [1.82, 2.24) is 4.90 Å². The summed E-state index contributed by atoms with van der Waals surface area (Å²) in [4.78, 5) is 2.32. The van der Waals surface area contributed by atoms with E-state index in [-0.39, 0.29) is 5.82 Å². The predicted octanol–water partition coefficient (Wildman–Crippen LogP) is 5.74. The third-order valence-corrected chi connectivity index (χ3v) is 5.70. The Balaban J connectivity index is 1.43. The first-order valence-corrected chi connectivity index (χ1v) is 10.2. The Kier molecular flexibility index (Phi) is 4.86. The summed E-state index contributed by atoms with van der Waals surface area (Å²) < 4.78 is 31.9. The summed E-state index contributed by atoms with van der Waals surface area (Å²) in [5.41, 5.74) is 3.97. The first-order chi connectivity index (χ1) is 14.2. The maximum atomic E-state index is 14.8. The molecule has 0 spiro atoms. The lowest BCUT2D eigenvalue weighted by Crippen LogP contribution is -2.17. The van der Waals surface area contributed by atoms with Crippen LogP contribution >= 0.6 is 0 Å². The van der Waals surface area contributed by atoms with Crippen LogP contribution in [-0.4, -0.2) is 31.2 Å². The molecule has 2 aliphatic rings. The van der Waals surface area contributed by atoms with E-state index in [1.807, 2.05) is 24.3 Å². The van der Waals surface area contributed by atoms with Gasteiger partial charge in [0.15, 0.2) is 6.29 Å². The van der Waals surface area contributed by atoms with Gasteiger partial charge in [0.25, 0.3) is 0 Å². The number of ether oxygens (including phenoxy) is 2. The van der Waals surface area contributed by atoms with E-state index >= 15 is 0 Å². The third-order valence-electron chi connectivity index (χ3n) is 5.70. The molecule has 2 aliphatic heterocycles. The quantitative estimate of drug-likeness (QED) is 0.566. The molecule has 0 atom stereocenters. The van der Waals surface area contributed by atoms with Gasteiger partial charge in [-0.15, -0.1) is 0 Å². The minimum Gasteiger partial charge on any atom is -0.456 e. The van der Waals surface area contributed by atoms with Crippen LogP contribution in [0.15, 0.2) is 53.5 Å². The van der Waals surface area contributed by atoms with Crippen molar-refractivity contribution in [2.75, 3.05) is 26.3 Å². The van der Waals surface area contributed by atoms with E-state index in [4.69, 9.17) is 13.9 Å². The molecule has 3 aromatic rings. The molecule has 3 heterocycles. The highest BCUT2D eigenvalue weighted by Crippen LogP contribution is 2.34. The monoisotopic (exact) mass is 393 g/mol. The number of hydrogen-bond donors (Lipinski definition) is 0. The van der Waals surface area contributed by atoms with Crippen molar-refractivity contribution in [2.45, 2.75) is 25.6 Å². The van der Waals surface area contributed by atoms with Gasteiger partial charge in [-0.2, -0.15) is 0 Å². The van der Waals surface area contributed by atoms with Crippen LogP contribution in [0, 0.1) is 5.82 Å². The van der Waals surface area contributed by atoms with Gasteiger partial charge in [0, 0.05) is 29.7 Å². The van der Waals surface area contributed by atoms with Crippen LogP contribution in [-0.2, 0) is 9.47 Å². The minimum absolute atomic E-state index is 0.346. The van der Waals surface area contributed by atoms with Crippen molar-refractivity contribution < 1.29 is 18.3 Å². The summed E-state index contributed by atoms with van der Waals surface area (Å²) in [5.74, 6) is 0.166. The Bertz CT molecular complexity index is 1050. The lowest BCUT2D eigenvalue weighted by atomic mass is 10.1. The molecule has 0 amide bonds. The topological polar surface area (TPSA) is 34.8 Å². The molecule has 2 fully saturated rings. The summed E-state index contributed by atoms with van der Waals surface area (Å²) in [6.45, 7) is 7.62. The van der Waals surface area contributed by atoms with Crippen LogP contribution < -0.4 is 0 Å². The number of benzene rings is 2. The molecular weight excluding hydrogens is 369 g/mol. The number of hydrogen-bond acceptors (Lipinski definition) is 4. The lowest BCUT2D eigenvalue weighted by Gasteiger charge is -2.23. The molecule has 150 valence electrons. The molecule has 0 unspecified atom stereocenters. The first kappa shape index (κ1) is 18.4. The Hall–Kier alpha value is -2.63. The third kappa shape index (κ3) is 3.56. The van der Waals surface area contributed by atoms with Gasteiger partial charge in [-0.1, -0.05) is 12.6 Å². The molecule has 5 rings (SSSR count). The highest BCUT2D eigenvalue weighted by atomic mass is 19.1. The van der Waals surface area contributed by atoms with E-state index in [0.29, 0.717) is 30.1 Å². The highest BCUT2D eigenvalue weighted by molar-refractivity contribution is 5.86. The molecule has 2 aromatic carbocycles. The predicted molar refractivity (Wildman–Crippen MR) is 111 cm³/mol. The second-order valence-electron chi connectivity index (χ2n) is 7.67. The summed E-state index contributed by atoms with van der Waals surface area (Å²) >= 11 is 0. The first-order valence-electron chi connectivity index (χ1n) is 10.2. The Morgan fingerprint density at radius 3 is 2.52 bits per heavy atom.